The third-order valence-electron chi connectivity index (χ3n) is 3.01. The van der Waals surface area contributed by atoms with Gasteiger partial charge < -0.3 is 5.32 Å². The molecule has 2 aromatic carbocycles. The van der Waals surface area contributed by atoms with E-state index < -0.39 is 0 Å². The standard InChI is InChI=1S/C15H12BrN3/c1-17-15-13(16)9-18-14(19-15)12-8-4-6-10-5-2-3-7-11(10)12/h2-9H,1H3,(H,17,18,19). The van der Waals surface area contributed by atoms with Crippen LogP contribution in [0.4, 0.5) is 5.82 Å². The topological polar surface area (TPSA) is 37.8 Å². The van der Waals surface area contributed by atoms with Gasteiger partial charge in [0.25, 0.3) is 0 Å². The van der Waals surface area contributed by atoms with Crippen LogP contribution in [0.1, 0.15) is 0 Å². The highest BCUT2D eigenvalue weighted by Gasteiger charge is 2.08. The lowest BCUT2D eigenvalue weighted by atomic mass is 10.0. The maximum Gasteiger partial charge on any atom is 0.162 e. The van der Waals surface area contributed by atoms with Gasteiger partial charge in [0, 0.05) is 18.8 Å². The Kier molecular flexibility index (Phi) is 3.17. The van der Waals surface area contributed by atoms with Crippen molar-refractivity contribution in [2.24, 2.45) is 0 Å². The van der Waals surface area contributed by atoms with E-state index >= 15 is 0 Å². The summed E-state index contributed by atoms with van der Waals surface area (Å²) in [6.45, 7) is 0. The van der Waals surface area contributed by atoms with Crippen LogP contribution in [0.25, 0.3) is 22.2 Å². The van der Waals surface area contributed by atoms with Gasteiger partial charge in [0.1, 0.15) is 5.82 Å². The lowest BCUT2D eigenvalue weighted by Gasteiger charge is -2.08. The fourth-order valence-corrected chi connectivity index (χ4v) is 2.48. The molecule has 3 nitrogen and oxygen atoms in total. The molecule has 4 heteroatoms. The molecule has 0 fully saturated rings. The maximum atomic E-state index is 4.54. The molecule has 1 N–H and O–H groups in total. The van der Waals surface area contributed by atoms with Crippen molar-refractivity contribution < 1.29 is 0 Å². The van der Waals surface area contributed by atoms with Gasteiger partial charge in [0.05, 0.1) is 4.47 Å². The molecule has 3 aromatic rings. The Morgan fingerprint density at radius 3 is 2.68 bits per heavy atom. The van der Waals surface area contributed by atoms with Gasteiger partial charge in [-0.3, -0.25) is 0 Å². The highest BCUT2D eigenvalue weighted by atomic mass is 79.9. The molecule has 0 atom stereocenters. The Bertz CT molecular complexity index is 735. The average Bonchev–Trinajstić information content (AvgIpc) is 2.47. The van der Waals surface area contributed by atoms with Gasteiger partial charge in [-0.05, 0) is 26.7 Å². The molecule has 0 spiro atoms. The molecule has 0 aliphatic rings. The number of hydrogen-bond acceptors (Lipinski definition) is 3. The van der Waals surface area contributed by atoms with Crippen LogP contribution in [-0.2, 0) is 0 Å². The number of aromatic nitrogens is 2. The highest BCUT2D eigenvalue weighted by Crippen LogP contribution is 2.28. The van der Waals surface area contributed by atoms with E-state index in [1.807, 2.05) is 31.3 Å². The number of rotatable bonds is 2. The molecular formula is C15H12BrN3. The smallest absolute Gasteiger partial charge is 0.162 e. The van der Waals surface area contributed by atoms with Gasteiger partial charge >= 0.3 is 0 Å². The van der Waals surface area contributed by atoms with Gasteiger partial charge in [0.2, 0.25) is 0 Å². The number of nitrogens with one attached hydrogen (secondary N) is 1. The number of nitrogens with zero attached hydrogens (tertiary/aromatic N) is 2. The first-order valence-corrected chi connectivity index (χ1v) is 6.77. The van der Waals surface area contributed by atoms with Gasteiger partial charge in [-0.2, -0.15) is 0 Å². The zero-order chi connectivity index (χ0) is 13.2. The summed E-state index contributed by atoms with van der Waals surface area (Å²) < 4.78 is 0.860. The Balaban J connectivity index is 2.24. The number of halogens is 1. The van der Waals surface area contributed by atoms with Crippen molar-refractivity contribution in [3.05, 3.63) is 53.1 Å². The predicted molar refractivity (Wildman–Crippen MR) is 82.2 cm³/mol. The van der Waals surface area contributed by atoms with E-state index in [0.717, 1.165) is 27.1 Å². The lowest BCUT2D eigenvalue weighted by molar-refractivity contribution is 1.15. The lowest BCUT2D eigenvalue weighted by Crippen LogP contribution is -1.97. The fraction of sp³-hybridized carbons (Fsp3) is 0.0667. The van der Waals surface area contributed by atoms with Crippen molar-refractivity contribution in [2.45, 2.75) is 0 Å². The van der Waals surface area contributed by atoms with Crippen LogP contribution >= 0.6 is 15.9 Å². The van der Waals surface area contributed by atoms with Crippen LogP contribution in [0.5, 0.6) is 0 Å². The minimum Gasteiger partial charge on any atom is -0.372 e. The van der Waals surface area contributed by atoms with E-state index in [1.165, 1.54) is 5.39 Å². The van der Waals surface area contributed by atoms with Crippen LogP contribution in [-0.4, -0.2) is 17.0 Å². The number of hydrogen-bond donors (Lipinski definition) is 1. The van der Waals surface area contributed by atoms with Crippen LogP contribution in [0.3, 0.4) is 0 Å². The molecule has 0 unspecified atom stereocenters. The van der Waals surface area contributed by atoms with Gasteiger partial charge in [-0.15, -0.1) is 0 Å². The fourth-order valence-electron chi connectivity index (χ4n) is 2.09. The molecule has 0 amide bonds. The first-order valence-electron chi connectivity index (χ1n) is 5.98. The molecule has 0 saturated heterocycles. The van der Waals surface area contributed by atoms with Crippen LogP contribution < -0.4 is 5.32 Å². The van der Waals surface area contributed by atoms with E-state index in [2.05, 4.69) is 49.4 Å². The summed E-state index contributed by atoms with van der Waals surface area (Å²) in [6, 6.07) is 14.4. The zero-order valence-electron chi connectivity index (χ0n) is 10.4. The SMILES string of the molecule is CNc1nc(-c2cccc3ccccc23)ncc1Br. The second-order valence-electron chi connectivity index (χ2n) is 4.17. The van der Waals surface area contributed by atoms with Gasteiger partial charge in [0.15, 0.2) is 5.82 Å². The Morgan fingerprint density at radius 1 is 1.05 bits per heavy atom. The summed E-state index contributed by atoms with van der Waals surface area (Å²) in [5.41, 5.74) is 1.04. The average molecular weight is 314 g/mol. The number of fused-ring (bicyclic) bond motifs is 1. The molecule has 0 saturated carbocycles. The summed E-state index contributed by atoms with van der Waals surface area (Å²) >= 11 is 3.43. The largest absolute Gasteiger partial charge is 0.372 e. The van der Waals surface area contributed by atoms with Crippen LogP contribution in [0.2, 0.25) is 0 Å². The van der Waals surface area contributed by atoms with Crippen molar-refractivity contribution >= 4 is 32.5 Å². The van der Waals surface area contributed by atoms with E-state index in [4.69, 9.17) is 0 Å². The first kappa shape index (κ1) is 12.1. The minimum atomic E-state index is 0.726. The third kappa shape index (κ3) is 2.19. The van der Waals surface area contributed by atoms with Crippen LogP contribution in [0.15, 0.2) is 53.1 Å². The van der Waals surface area contributed by atoms with E-state index in [-0.39, 0.29) is 0 Å². The maximum absolute atomic E-state index is 4.54. The Labute approximate surface area is 119 Å². The third-order valence-corrected chi connectivity index (χ3v) is 3.59. The summed E-state index contributed by atoms with van der Waals surface area (Å²) in [5, 5.41) is 5.41. The monoisotopic (exact) mass is 313 g/mol. The quantitative estimate of drug-likeness (QED) is 0.774. The molecule has 94 valence electrons. The molecule has 0 aliphatic heterocycles. The van der Waals surface area contributed by atoms with Crippen molar-refractivity contribution in [3.63, 3.8) is 0 Å². The van der Waals surface area contributed by atoms with Crippen molar-refractivity contribution in [1.82, 2.24) is 9.97 Å². The number of anilines is 1. The van der Waals surface area contributed by atoms with E-state index in [0.29, 0.717) is 0 Å². The molecule has 0 aliphatic carbocycles. The Hall–Kier alpha value is -1.94. The van der Waals surface area contributed by atoms with E-state index in [9.17, 15) is 0 Å². The van der Waals surface area contributed by atoms with Crippen LogP contribution in [0, 0.1) is 0 Å². The normalized spacial score (nSPS) is 10.6. The molecule has 0 bridgehead atoms. The second kappa shape index (κ2) is 4.97. The van der Waals surface area contributed by atoms with Gasteiger partial charge in [-0.25, -0.2) is 9.97 Å². The molecule has 1 heterocycles. The summed E-state index contributed by atoms with van der Waals surface area (Å²) in [5.74, 6) is 1.52. The predicted octanol–water partition coefficient (Wildman–Crippen LogP) is 4.10. The van der Waals surface area contributed by atoms with Gasteiger partial charge in [-0.1, -0.05) is 42.5 Å². The van der Waals surface area contributed by atoms with Crippen molar-refractivity contribution in [3.8, 4) is 11.4 Å². The van der Waals surface area contributed by atoms with E-state index in [1.54, 1.807) is 6.20 Å². The summed E-state index contributed by atoms with van der Waals surface area (Å²) in [6.07, 6.45) is 1.77. The van der Waals surface area contributed by atoms with Crippen molar-refractivity contribution in [1.29, 1.82) is 0 Å². The zero-order valence-corrected chi connectivity index (χ0v) is 12.0. The molecule has 0 radical (unpaired) electrons. The summed E-state index contributed by atoms with van der Waals surface area (Å²) in [4.78, 5) is 8.95. The molecule has 3 rings (SSSR count). The first-order chi connectivity index (χ1) is 9.29. The molecule has 1 aromatic heterocycles. The molecule has 19 heavy (non-hydrogen) atoms. The highest BCUT2D eigenvalue weighted by molar-refractivity contribution is 9.10. The minimum absolute atomic E-state index is 0.726. The van der Waals surface area contributed by atoms with Crippen molar-refractivity contribution in [2.75, 3.05) is 12.4 Å². The second-order valence-corrected chi connectivity index (χ2v) is 5.02. The molecular weight excluding hydrogens is 302 g/mol. The number of benzene rings is 2. The Morgan fingerprint density at radius 2 is 1.84 bits per heavy atom. The summed E-state index contributed by atoms with van der Waals surface area (Å²) in [7, 11) is 1.85.